The molecule has 1 aromatic rings. The number of pyridine rings is 1. The molecule has 0 aliphatic heterocycles. The number of anilines is 1. The summed E-state index contributed by atoms with van der Waals surface area (Å²) in [5.74, 6) is 1.15. The van der Waals surface area contributed by atoms with Crippen LogP contribution in [0.1, 0.15) is 58.6 Å². The predicted molar refractivity (Wildman–Crippen MR) is 83.7 cm³/mol. The van der Waals surface area contributed by atoms with Gasteiger partial charge in [-0.05, 0) is 39.8 Å². The maximum atomic E-state index is 4.66. The normalized spacial score (nSPS) is 14.2. The van der Waals surface area contributed by atoms with Crippen LogP contribution in [0.15, 0.2) is 18.3 Å². The Kier molecular flexibility index (Phi) is 6.85. The predicted octanol–water partition coefficient (Wildman–Crippen LogP) is 3.77. The van der Waals surface area contributed by atoms with Gasteiger partial charge in [-0.2, -0.15) is 0 Å². The van der Waals surface area contributed by atoms with Crippen molar-refractivity contribution in [2.24, 2.45) is 0 Å². The minimum absolute atomic E-state index is 0.330. The Balaban J connectivity index is 3.06. The van der Waals surface area contributed by atoms with Crippen molar-refractivity contribution in [1.82, 2.24) is 10.3 Å². The van der Waals surface area contributed by atoms with Gasteiger partial charge in [-0.25, -0.2) is 4.98 Å². The van der Waals surface area contributed by atoms with Gasteiger partial charge in [0.1, 0.15) is 5.82 Å². The van der Waals surface area contributed by atoms with Crippen LogP contribution < -0.4 is 10.2 Å². The molecule has 1 N–H and O–H groups in total. The highest BCUT2D eigenvalue weighted by atomic mass is 15.2. The minimum Gasteiger partial charge on any atom is -0.354 e. The summed E-state index contributed by atoms with van der Waals surface area (Å²) in [5.41, 5.74) is 1.29. The van der Waals surface area contributed by atoms with E-state index in [1.54, 1.807) is 0 Å². The van der Waals surface area contributed by atoms with Crippen molar-refractivity contribution in [3.05, 3.63) is 23.9 Å². The van der Waals surface area contributed by atoms with E-state index in [1.807, 2.05) is 19.3 Å². The van der Waals surface area contributed by atoms with E-state index in [0.717, 1.165) is 18.8 Å². The Morgan fingerprint density at radius 2 is 2.05 bits per heavy atom. The lowest BCUT2D eigenvalue weighted by atomic mass is 10.1. The fourth-order valence-corrected chi connectivity index (χ4v) is 2.23. The molecular formula is C16H29N3. The first-order chi connectivity index (χ1) is 9.15. The standard InChI is InChI=1S/C16H29N3/c1-6-8-12-19(13(3)7-2)16-15(14(4)17-5)10-9-11-18-16/h9-11,13-14,17H,6-8,12H2,1-5H3. The van der Waals surface area contributed by atoms with Crippen molar-refractivity contribution in [1.29, 1.82) is 0 Å². The molecule has 0 bridgehead atoms. The molecule has 2 unspecified atom stereocenters. The third kappa shape index (κ3) is 4.20. The van der Waals surface area contributed by atoms with Crippen molar-refractivity contribution in [3.8, 4) is 0 Å². The summed E-state index contributed by atoms with van der Waals surface area (Å²) in [4.78, 5) is 7.12. The van der Waals surface area contributed by atoms with Crippen molar-refractivity contribution in [2.45, 2.75) is 59.0 Å². The first kappa shape index (κ1) is 16.0. The number of unbranched alkanes of at least 4 members (excludes halogenated alkanes) is 1. The zero-order chi connectivity index (χ0) is 14.3. The van der Waals surface area contributed by atoms with Crippen LogP contribution in [-0.4, -0.2) is 24.6 Å². The van der Waals surface area contributed by atoms with Crippen LogP contribution in [0.4, 0.5) is 5.82 Å². The Hall–Kier alpha value is -1.09. The summed E-state index contributed by atoms with van der Waals surface area (Å²) in [5, 5.41) is 3.32. The van der Waals surface area contributed by atoms with Crippen molar-refractivity contribution >= 4 is 5.82 Å². The molecular weight excluding hydrogens is 234 g/mol. The lowest BCUT2D eigenvalue weighted by Crippen LogP contribution is -2.35. The highest BCUT2D eigenvalue weighted by molar-refractivity contribution is 5.49. The molecule has 1 rings (SSSR count). The summed E-state index contributed by atoms with van der Waals surface area (Å²) in [6.45, 7) is 10.1. The molecule has 0 saturated heterocycles. The van der Waals surface area contributed by atoms with E-state index in [-0.39, 0.29) is 0 Å². The largest absolute Gasteiger partial charge is 0.354 e. The molecule has 0 fully saturated rings. The molecule has 0 aliphatic rings. The summed E-state index contributed by atoms with van der Waals surface area (Å²) in [7, 11) is 2.00. The van der Waals surface area contributed by atoms with E-state index in [1.165, 1.54) is 18.4 Å². The van der Waals surface area contributed by atoms with Gasteiger partial charge in [0, 0.05) is 30.4 Å². The Bertz CT molecular complexity index is 365. The van der Waals surface area contributed by atoms with Gasteiger partial charge in [0.15, 0.2) is 0 Å². The average molecular weight is 263 g/mol. The Morgan fingerprint density at radius 1 is 1.32 bits per heavy atom. The highest BCUT2D eigenvalue weighted by Gasteiger charge is 2.19. The van der Waals surface area contributed by atoms with Gasteiger partial charge < -0.3 is 10.2 Å². The number of rotatable bonds is 8. The van der Waals surface area contributed by atoms with Crippen molar-refractivity contribution < 1.29 is 0 Å². The number of hydrogen-bond acceptors (Lipinski definition) is 3. The van der Waals surface area contributed by atoms with E-state index >= 15 is 0 Å². The third-order valence-corrected chi connectivity index (χ3v) is 3.86. The second-order valence-electron chi connectivity index (χ2n) is 5.23. The first-order valence-electron chi connectivity index (χ1n) is 7.54. The summed E-state index contributed by atoms with van der Waals surface area (Å²) < 4.78 is 0. The van der Waals surface area contributed by atoms with Gasteiger partial charge in [-0.1, -0.05) is 26.3 Å². The molecule has 1 aromatic heterocycles. The quantitative estimate of drug-likeness (QED) is 0.774. The number of hydrogen-bond donors (Lipinski definition) is 1. The lowest BCUT2D eigenvalue weighted by molar-refractivity contribution is 0.576. The van der Waals surface area contributed by atoms with Gasteiger partial charge in [-0.3, -0.25) is 0 Å². The molecule has 2 atom stereocenters. The second kappa shape index (κ2) is 8.16. The van der Waals surface area contributed by atoms with Crippen LogP contribution in [0, 0.1) is 0 Å². The monoisotopic (exact) mass is 263 g/mol. The molecule has 0 aliphatic carbocycles. The zero-order valence-corrected chi connectivity index (χ0v) is 13.1. The lowest BCUT2D eigenvalue weighted by Gasteiger charge is -2.32. The van der Waals surface area contributed by atoms with Crippen LogP contribution in [0.25, 0.3) is 0 Å². The van der Waals surface area contributed by atoms with Crippen LogP contribution in [0.3, 0.4) is 0 Å². The molecule has 0 aromatic carbocycles. The van der Waals surface area contributed by atoms with E-state index < -0.39 is 0 Å². The Labute approximate surface area is 118 Å². The molecule has 3 heteroatoms. The molecule has 3 nitrogen and oxygen atoms in total. The molecule has 0 saturated carbocycles. The van der Waals surface area contributed by atoms with Gasteiger partial charge in [0.2, 0.25) is 0 Å². The molecule has 0 amide bonds. The second-order valence-corrected chi connectivity index (χ2v) is 5.23. The number of nitrogens with one attached hydrogen (secondary N) is 1. The topological polar surface area (TPSA) is 28.2 Å². The van der Waals surface area contributed by atoms with E-state index in [4.69, 9.17) is 0 Å². The van der Waals surface area contributed by atoms with Gasteiger partial charge >= 0.3 is 0 Å². The highest BCUT2D eigenvalue weighted by Crippen LogP contribution is 2.26. The molecule has 0 spiro atoms. The molecule has 19 heavy (non-hydrogen) atoms. The smallest absolute Gasteiger partial charge is 0.133 e. The van der Waals surface area contributed by atoms with Crippen LogP contribution in [0.5, 0.6) is 0 Å². The maximum Gasteiger partial charge on any atom is 0.133 e. The summed E-state index contributed by atoms with van der Waals surface area (Å²) >= 11 is 0. The van der Waals surface area contributed by atoms with Crippen LogP contribution >= 0.6 is 0 Å². The van der Waals surface area contributed by atoms with Gasteiger partial charge in [0.25, 0.3) is 0 Å². The van der Waals surface area contributed by atoms with Crippen molar-refractivity contribution in [2.75, 3.05) is 18.5 Å². The molecule has 108 valence electrons. The van der Waals surface area contributed by atoms with E-state index in [2.05, 4.69) is 49.0 Å². The van der Waals surface area contributed by atoms with E-state index in [0.29, 0.717) is 12.1 Å². The zero-order valence-electron chi connectivity index (χ0n) is 13.1. The Morgan fingerprint density at radius 3 is 2.63 bits per heavy atom. The maximum absolute atomic E-state index is 4.66. The number of nitrogens with zero attached hydrogens (tertiary/aromatic N) is 2. The molecule has 1 heterocycles. The first-order valence-corrected chi connectivity index (χ1v) is 7.54. The fraction of sp³-hybridized carbons (Fsp3) is 0.688. The van der Waals surface area contributed by atoms with Crippen LogP contribution in [-0.2, 0) is 0 Å². The van der Waals surface area contributed by atoms with E-state index in [9.17, 15) is 0 Å². The third-order valence-electron chi connectivity index (χ3n) is 3.86. The summed E-state index contributed by atoms with van der Waals surface area (Å²) in [6, 6.07) is 5.08. The molecule has 0 radical (unpaired) electrons. The van der Waals surface area contributed by atoms with Crippen LogP contribution in [0.2, 0.25) is 0 Å². The number of aromatic nitrogens is 1. The summed E-state index contributed by atoms with van der Waals surface area (Å²) in [6.07, 6.45) is 5.49. The van der Waals surface area contributed by atoms with Crippen molar-refractivity contribution in [3.63, 3.8) is 0 Å². The van der Waals surface area contributed by atoms with Gasteiger partial charge in [0.05, 0.1) is 0 Å². The average Bonchev–Trinajstić information content (AvgIpc) is 2.46. The van der Waals surface area contributed by atoms with Gasteiger partial charge in [-0.15, -0.1) is 0 Å². The SMILES string of the molecule is CCCCN(c1ncccc1C(C)NC)C(C)CC. The fourth-order valence-electron chi connectivity index (χ4n) is 2.23. The minimum atomic E-state index is 0.330.